The van der Waals surface area contributed by atoms with Crippen LogP contribution in [0.5, 0.6) is 0 Å². The molecule has 3 aromatic heterocycles. The first-order valence-electron chi connectivity index (χ1n) is 5.54. The van der Waals surface area contributed by atoms with E-state index < -0.39 is 0 Å². The van der Waals surface area contributed by atoms with Gasteiger partial charge in [-0.15, -0.1) is 22.7 Å². The summed E-state index contributed by atoms with van der Waals surface area (Å²) in [4.78, 5) is 8.71. The fourth-order valence-corrected chi connectivity index (χ4v) is 3.78. The van der Waals surface area contributed by atoms with Crippen LogP contribution >= 0.6 is 34.2 Å². The summed E-state index contributed by atoms with van der Waals surface area (Å²) in [6.45, 7) is 2.65. The summed E-state index contributed by atoms with van der Waals surface area (Å²) in [5.74, 6) is 0.529. The number of hydrogen-bond donors (Lipinski definition) is 2. The number of hydrogen-bond acceptors (Lipinski definition) is 8. The Balaban J connectivity index is 1.86. The number of thiazole rings is 2. The molecule has 0 spiro atoms. The number of rotatable bonds is 4. The average Bonchev–Trinajstić information content (AvgIpc) is 3.08. The minimum atomic E-state index is 0.529. The molecule has 0 aliphatic heterocycles. The van der Waals surface area contributed by atoms with Crippen LogP contribution in [0.2, 0.25) is 0 Å². The lowest BCUT2D eigenvalue weighted by molar-refractivity contribution is 1.11. The van der Waals surface area contributed by atoms with E-state index in [0.29, 0.717) is 12.4 Å². The quantitative estimate of drug-likeness (QED) is 0.774. The zero-order valence-electron chi connectivity index (χ0n) is 10.1. The van der Waals surface area contributed by atoms with E-state index in [1.807, 2.05) is 17.7 Å². The summed E-state index contributed by atoms with van der Waals surface area (Å²) >= 11 is 4.56. The van der Waals surface area contributed by atoms with Gasteiger partial charge in [0.15, 0.2) is 0 Å². The number of nitrogens with zero attached hydrogens (tertiary/aromatic N) is 3. The Morgan fingerprint density at radius 3 is 2.95 bits per heavy atom. The van der Waals surface area contributed by atoms with Gasteiger partial charge in [-0.05, 0) is 18.5 Å². The Labute approximate surface area is 122 Å². The van der Waals surface area contributed by atoms with Crippen LogP contribution in [0, 0.1) is 6.92 Å². The number of nitrogens with two attached hydrogens (primary N) is 1. The first-order valence-corrected chi connectivity index (χ1v) is 8.07. The molecule has 0 unspecified atom stereocenters. The van der Waals surface area contributed by atoms with Crippen molar-refractivity contribution in [3.63, 3.8) is 0 Å². The van der Waals surface area contributed by atoms with Crippen molar-refractivity contribution in [3.05, 3.63) is 27.7 Å². The Hall–Kier alpha value is -1.51. The van der Waals surface area contributed by atoms with Gasteiger partial charge in [-0.25, -0.2) is 9.97 Å². The molecule has 3 aromatic rings. The summed E-state index contributed by atoms with van der Waals surface area (Å²) in [5, 5.41) is 10.2. The molecule has 0 radical (unpaired) electrons. The molecular formula is C11H11N5S3. The predicted octanol–water partition coefficient (Wildman–Crippen LogP) is 3.23. The Bertz CT molecular complexity index is 670. The van der Waals surface area contributed by atoms with Crippen LogP contribution in [0.4, 0.5) is 10.8 Å². The second-order valence-electron chi connectivity index (χ2n) is 3.85. The van der Waals surface area contributed by atoms with Crippen molar-refractivity contribution in [2.45, 2.75) is 13.5 Å². The molecule has 3 N–H and O–H groups in total. The topological polar surface area (TPSA) is 76.7 Å². The van der Waals surface area contributed by atoms with Crippen LogP contribution in [0.1, 0.15) is 10.7 Å². The maximum absolute atomic E-state index is 5.94. The van der Waals surface area contributed by atoms with E-state index in [2.05, 4.69) is 19.7 Å². The fraction of sp³-hybridized carbons (Fsp3) is 0.182. The number of anilines is 2. The molecule has 0 bridgehead atoms. The van der Waals surface area contributed by atoms with Crippen LogP contribution in [0.15, 0.2) is 17.0 Å². The van der Waals surface area contributed by atoms with Gasteiger partial charge in [0, 0.05) is 22.7 Å². The summed E-state index contributed by atoms with van der Waals surface area (Å²) in [6.07, 6.45) is 1.80. The largest absolute Gasteiger partial charge is 0.382 e. The maximum atomic E-state index is 5.94. The van der Waals surface area contributed by atoms with Gasteiger partial charge in [-0.3, -0.25) is 0 Å². The maximum Gasteiger partial charge on any atom is 0.149 e. The zero-order valence-corrected chi connectivity index (χ0v) is 12.5. The van der Waals surface area contributed by atoms with Crippen LogP contribution in [0.25, 0.3) is 10.6 Å². The Kier molecular flexibility index (Phi) is 3.45. The molecule has 19 heavy (non-hydrogen) atoms. The summed E-state index contributed by atoms with van der Waals surface area (Å²) in [5.41, 5.74) is 7.84. The van der Waals surface area contributed by atoms with E-state index in [-0.39, 0.29) is 0 Å². The highest BCUT2D eigenvalue weighted by atomic mass is 32.1. The number of aryl methyl sites for hydroxylation is 1. The first-order chi connectivity index (χ1) is 9.24. The predicted molar refractivity (Wildman–Crippen MR) is 81.8 cm³/mol. The van der Waals surface area contributed by atoms with Crippen molar-refractivity contribution in [2.24, 2.45) is 0 Å². The van der Waals surface area contributed by atoms with Gasteiger partial charge >= 0.3 is 0 Å². The van der Waals surface area contributed by atoms with Crippen molar-refractivity contribution in [3.8, 4) is 10.6 Å². The average molecular weight is 309 g/mol. The molecule has 3 rings (SSSR count). The molecule has 3 heterocycles. The van der Waals surface area contributed by atoms with Gasteiger partial charge < -0.3 is 11.1 Å². The second kappa shape index (κ2) is 5.24. The van der Waals surface area contributed by atoms with Gasteiger partial charge in [-0.2, -0.15) is 4.37 Å². The Morgan fingerprint density at radius 1 is 1.37 bits per heavy atom. The number of nitrogens with one attached hydrogen (secondary N) is 1. The van der Waals surface area contributed by atoms with E-state index >= 15 is 0 Å². The molecule has 0 atom stereocenters. The van der Waals surface area contributed by atoms with Crippen LogP contribution in [0.3, 0.4) is 0 Å². The monoisotopic (exact) mass is 309 g/mol. The minimum Gasteiger partial charge on any atom is -0.382 e. The first kappa shape index (κ1) is 12.5. The van der Waals surface area contributed by atoms with Crippen LogP contribution in [-0.2, 0) is 6.54 Å². The van der Waals surface area contributed by atoms with Gasteiger partial charge in [0.1, 0.15) is 20.8 Å². The SMILES string of the molecule is Cc1csc(-c2c(N)nsc2NCc2nccs2)n1. The molecule has 98 valence electrons. The lowest BCUT2D eigenvalue weighted by Gasteiger charge is -2.03. The third-order valence-electron chi connectivity index (χ3n) is 2.43. The molecule has 0 aliphatic carbocycles. The second-order valence-corrected chi connectivity index (χ2v) is 6.46. The molecule has 0 saturated heterocycles. The molecule has 0 saturated carbocycles. The number of aromatic nitrogens is 3. The van der Waals surface area contributed by atoms with Gasteiger partial charge in [0.25, 0.3) is 0 Å². The molecule has 0 fully saturated rings. The van der Waals surface area contributed by atoms with Crippen molar-refractivity contribution >= 4 is 45.0 Å². The van der Waals surface area contributed by atoms with Crippen molar-refractivity contribution < 1.29 is 0 Å². The molecule has 0 aliphatic rings. The fourth-order valence-electron chi connectivity index (χ4n) is 1.59. The van der Waals surface area contributed by atoms with Crippen LogP contribution in [-0.4, -0.2) is 14.3 Å². The van der Waals surface area contributed by atoms with E-state index in [1.165, 1.54) is 11.5 Å². The lowest BCUT2D eigenvalue weighted by atomic mass is 10.3. The third kappa shape index (κ3) is 2.60. The summed E-state index contributed by atoms with van der Waals surface area (Å²) < 4.78 is 4.21. The molecule has 5 nitrogen and oxygen atoms in total. The van der Waals surface area contributed by atoms with Crippen molar-refractivity contribution in [1.82, 2.24) is 14.3 Å². The minimum absolute atomic E-state index is 0.529. The highest BCUT2D eigenvalue weighted by Gasteiger charge is 2.16. The normalized spacial score (nSPS) is 10.8. The third-order valence-corrected chi connectivity index (χ3v) is 5.01. The van der Waals surface area contributed by atoms with E-state index in [9.17, 15) is 0 Å². The molecule has 0 amide bonds. The molecular weight excluding hydrogens is 298 g/mol. The summed E-state index contributed by atoms with van der Waals surface area (Å²) in [6, 6.07) is 0. The zero-order chi connectivity index (χ0) is 13.2. The lowest BCUT2D eigenvalue weighted by Crippen LogP contribution is -1.98. The highest BCUT2D eigenvalue weighted by Crippen LogP contribution is 2.38. The van der Waals surface area contributed by atoms with Crippen molar-refractivity contribution in [1.29, 1.82) is 0 Å². The summed E-state index contributed by atoms with van der Waals surface area (Å²) in [7, 11) is 0. The van der Waals surface area contributed by atoms with Gasteiger partial charge in [0.05, 0.1) is 12.1 Å². The van der Waals surface area contributed by atoms with Gasteiger partial charge in [-0.1, -0.05) is 0 Å². The van der Waals surface area contributed by atoms with E-state index in [1.54, 1.807) is 28.9 Å². The Morgan fingerprint density at radius 2 is 2.26 bits per heavy atom. The smallest absolute Gasteiger partial charge is 0.149 e. The molecule has 0 aromatic carbocycles. The highest BCUT2D eigenvalue weighted by molar-refractivity contribution is 7.15. The van der Waals surface area contributed by atoms with E-state index in [4.69, 9.17) is 5.73 Å². The van der Waals surface area contributed by atoms with Crippen LogP contribution < -0.4 is 11.1 Å². The van der Waals surface area contributed by atoms with Gasteiger partial charge in [0.2, 0.25) is 0 Å². The number of nitrogen functional groups attached to an aromatic ring is 1. The standard InChI is InChI=1S/C11H11N5S3/c1-6-5-18-11(15-6)8-9(12)16-19-10(8)14-4-7-13-2-3-17-7/h2-3,5,14H,4H2,1H3,(H2,12,16). The van der Waals surface area contributed by atoms with E-state index in [0.717, 1.165) is 26.3 Å². The van der Waals surface area contributed by atoms with Crippen molar-refractivity contribution in [2.75, 3.05) is 11.1 Å². The molecule has 8 heteroatoms.